The van der Waals surface area contributed by atoms with Crippen LogP contribution in [0.15, 0.2) is 30.8 Å². The SMILES string of the molecule is C=C1C(=N)C(=O)C(=O)c2ccccc21. The summed E-state index contributed by atoms with van der Waals surface area (Å²) in [5.74, 6) is -1.38. The minimum atomic E-state index is -0.770. The molecule has 1 aliphatic carbocycles. The van der Waals surface area contributed by atoms with Crippen LogP contribution in [0.25, 0.3) is 5.57 Å². The van der Waals surface area contributed by atoms with Crippen LogP contribution in [-0.2, 0) is 4.79 Å². The predicted octanol–water partition coefficient (Wildman–Crippen LogP) is 1.48. The Hall–Kier alpha value is -2.03. The maximum absolute atomic E-state index is 11.4. The van der Waals surface area contributed by atoms with Crippen LogP contribution in [0, 0.1) is 5.41 Å². The summed E-state index contributed by atoms with van der Waals surface area (Å²) >= 11 is 0. The van der Waals surface area contributed by atoms with Gasteiger partial charge in [-0.15, -0.1) is 0 Å². The van der Waals surface area contributed by atoms with Crippen LogP contribution >= 0.6 is 0 Å². The summed E-state index contributed by atoms with van der Waals surface area (Å²) in [6.07, 6.45) is 0. The van der Waals surface area contributed by atoms with Gasteiger partial charge >= 0.3 is 0 Å². The molecule has 0 saturated heterocycles. The summed E-state index contributed by atoms with van der Waals surface area (Å²) < 4.78 is 0. The van der Waals surface area contributed by atoms with Crippen LogP contribution in [0.4, 0.5) is 0 Å². The number of Topliss-reactive ketones (excluding diaryl/α,β-unsaturated/α-hetero) is 2. The standard InChI is InChI=1S/C11H7NO2/c1-6-7-4-2-3-5-8(7)10(13)11(14)9(6)12/h2-5,12H,1H2. The number of ketones is 2. The first-order chi connectivity index (χ1) is 6.63. The van der Waals surface area contributed by atoms with Crippen LogP contribution in [-0.4, -0.2) is 17.3 Å². The second kappa shape index (κ2) is 2.73. The zero-order chi connectivity index (χ0) is 10.3. The molecule has 1 aromatic rings. The molecule has 0 radical (unpaired) electrons. The molecular weight excluding hydrogens is 178 g/mol. The van der Waals surface area contributed by atoms with E-state index >= 15 is 0 Å². The molecule has 1 aliphatic rings. The van der Waals surface area contributed by atoms with Crippen molar-refractivity contribution in [2.75, 3.05) is 0 Å². The highest BCUT2D eigenvalue weighted by Gasteiger charge is 2.31. The van der Waals surface area contributed by atoms with Gasteiger partial charge in [0.2, 0.25) is 5.78 Å². The van der Waals surface area contributed by atoms with Gasteiger partial charge < -0.3 is 0 Å². The fourth-order valence-electron chi connectivity index (χ4n) is 1.45. The van der Waals surface area contributed by atoms with Gasteiger partial charge in [0.15, 0.2) is 0 Å². The summed E-state index contributed by atoms with van der Waals surface area (Å²) in [7, 11) is 0. The molecule has 2 rings (SSSR count). The molecular formula is C11H7NO2. The first kappa shape index (κ1) is 8.56. The molecule has 0 saturated carbocycles. The van der Waals surface area contributed by atoms with Crippen molar-refractivity contribution in [3.63, 3.8) is 0 Å². The Morgan fingerprint density at radius 2 is 1.57 bits per heavy atom. The fraction of sp³-hybridized carbons (Fsp3) is 0. The van der Waals surface area contributed by atoms with Gasteiger partial charge in [-0.1, -0.05) is 30.8 Å². The highest BCUT2D eigenvalue weighted by Crippen LogP contribution is 2.24. The van der Waals surface area contributed by atoms with Crippen molar-refractivity contribution >= 4 is 22.9 Å². The van der Waals surface area contributed by atoms with E-state index < -0.39 is 11.6 Å². The fourth-order valence-corrected chi connectivity index (χ4v) is 1.45. The average Bonchev–Trinajstić information content (AvgIpc) is 2.23. The number of hydrogen-bond donors (Lipinski definition) is 1. The number of hydrogen-bond acceptors (Lipinski definition) is 3. The second-order valence-electron chi connectivity index (χ2n) is 3.06. The Kier molecular flexibility index (Phi) is 1.67. The third-order valence-electron chi connectivity index (χ3n) is 2.23. The topological polar surface area (TPSA) is 58.0 Å². The van der Waals surface area contributed by atoms with E-state index in [1.54, 1.807) is 24.3 Å². The van der Waals surface area contributed by atoms with E-state index in [2.05, 4.69) is 6.58 Å². The predicted molar refractivity (Wildman–Crippen MR) is 52.5 cm³/mol. The lowest BCUT2D eigenvalue weighted by molar-refractivity contribution is -0.109. The molecule has 0 bridgehead atoms. The summed E-state index contributed by atoms with van der Waals surface area (Å²) in [5.41, 5.74) is 0.958. The Labute approximate surface area is 80.6 Å². The van der Waals surface area contributed by atoms with E-state index in [0.29, 0.717) is 16.7 Å². The van der Waals surface area contributed by atoms with Gasteiger partial charge in [0.05, 0.1) is 0 Å². The molecule has 0 spiro atoms. The lowest BCUT2D eigenvalue weighted by atomic mass is 9.85. The smallest absolute Gasteiger partial charge is 0.251 e. The van der Waals surface area contributed by atoms with Crippen LogP contribution in [0.1, 0.15) is 15.9 Å². The number of carbonyl (C=O) groups excluding carboxylic acids is 2. The maximum atomic E-state index is 11.4. The van der Waals surface area contributed by atoms with Gasteiger partial charge in [0.1, 0.15) is 5.71 Å². The van der Waals surface area contributed by atoms with Gasteiger partial charge in [0, 0.05) is 11.1 Å². The van der Waals surface area contributed by atoms with Gasteiger partial charge in [-0.05, 0) is 5.56 Å². The van der Waals surface area contributed by atoms with Crippen molar-refractivity contribution in [2.24, 2.45) is 0 Å². The Bertz CT molecular complexity index is 441. The first-order valence-electron chi connectivity index (χ1n) is 4.09. The summed E-state index contributed by atoms with van der Waals surface area (Å²) in [5, 5.41) is 7.39. The van der Waals surface area contributed by atoms with Crippen molar-refractivity contribution in [2.45, 2.75) is 0 Å². The third-order valence-corrected chi connectivity index (χ3v) is 2.23. The molecule has 68 valence electrons. The number of allylic oxidation sites excluding steroid dienone is 1. The first-order valence-corrected chi connectivity index (χ1v) is 4.09. The lowest BCUT2D eigenvalue weighted by Gasteiger charge is -2.15. The van der Waals surface area contributed by atoms with Crippen molar-refractivity contribution in [1.82, 2.24) is 0 Å². The number of rotatable bonds is 0. The van der Waals surface area contributed by atoms with Crippen molar-refractivity contribution in [3.05, 3.63) is 42.0 Å². The molecule has 3 nitrogen and oxygen atoms in total. The highest BCUT2D eigenvalue weighted by molar-refractivity contribution is 6.77. The third kappa shape index (κ3) is 0.956. The van der Waals surface area contributed by atoms with E-state index in [0.717, 1.165) is 0 Å². The number of nitrogens with one attached hydrogen (secondary N) is 1. The van der Waals surface area contributed by atoms with E-state index in [-0.39, 0.29) is 5.71 Å². The van der Waals surface area contributed by atoms with Crippen LogP contribution in [0.2, 0.25) is 0 Å². The summed E-state index contributed by atoms with van der Waals surface area (Å²) in [6, 6.07) is 6.70. The number of fused-ring (bicyclic) bond motifs is 1. The second-order valence-corrected chi connectivity index (χ2v) is 3.06. The monoisotopic (exact) mass is 185 g/mol. The molecule has 0 heterocycles. The zero-order valence-corrected chi connectivity index (χ0v) is 7.33. The molecule has 1 aromatic carbocycles. The van der Waals surface area contributed by atoms with E-state index in [1.165, 1.54) is 0 Å². The molecule has 0 aliphatic heterocycles. The number of benzene rings is 1. The van der Waals surface area contributed by atoms with E-state index in [9.17, 15) is 9.59 Å². The Morgan fingerprint density at radius 1 is 1.00 bits per heavy atom. The highest BCUT2D eigenvalue weighted by atomic mass is 16.2. The molecule has 14 heavy (non-hydrogen) atoms. The van der Waals surface area contributed by atoms with Gasteiger partial charge in [-0.25, -0.2) is 0 Å². The Balaban J connectivity index is 2.75. The lowest BCUT2D eigenvalue weighted by Crippen LogP contribution is -2.30. The quantitative estimate of drug-likeness (QED) is 0.622. The van der Waals surface area contributed by atoms with Gasteiger partial charge in [-0.3, -0.25) is 15.0 Å². The van der Waals surface area contributed by atoms with Crippen molar-refractivity contribution in [3.8, 4) is 0 Å². The van der Waals surface area contributed by atoms with Gasteiger partial charge in [0.25, 0.3) is 5.78 Å². The minimum absolute atomic E-state index is 0.297. The average molecular weight is 185 g/mol. The van der Waals surface area contributed by atoms with Crippen LogP contribution in [0.3, 0.4) is 0 Å². The zero-order valence-electron chi connectivity index (χ0n) is 7.33. The summed E-state index contributed by atoms with van der Waals surface area (Å²) in [4.78, 5) is 22.7. The molecule has 0 fully saturated rings. The molecule has 0 amide bonds. The molecule has 1 N–H and O–H groups in total. The summed E-state index contributed by atoms with van der Waals surface area (Å²) in [6.45, 7) is 3.62. The van der Waals surface area contributed by atoms with E-state index in [4.69, 9.17) is 5.41 Å². The van der Waals surface area contributed by atoms with Crippen molar-refractivity contribution < 1.29 is 9.59 Å². The molecule has 0 aromatic heterocycles. The van der Waals surface area contributed by atoms with Gasteiger partial charge in [-0.2, -0.15) is 0 Å². The maximum Gasteiger partial charge on any atom is 0.251 e. The minimum Gasteiger partial charge on any atom is -0.296 e. The van der Waals surface area contributed by atoms with Crippen LogP contribution in [0.5, 0.6) is 0 Å². The Morgan fingerprint density at radius 3 is 2.21 bits per heavy atom. The van der Waals surface area contributed by atoms with E-state index in [1.807, 2.05) is 0 Å². The molecule has 0 atom stereocenters. The molecule has 0 unspecified atom stereocenters. The van der Waals surface area contributed by atoms with Crippen molar-refractivity contribution in [1.29, 1.82) is 5.41 Å². The molecule has 3 heteroatoms. The number of carbonyl (C=O) groups is 2. The van der Waals surface area contributed by atoms with Crippen LogP contribution < -0.4 is 0 Å². The largest absolute Gasteiger partial charge is 0.296 e. The normalized spacial score (nSPS) is 15.7.